The van der Waals surface area contributed by atoms with Crippen molar-refractivity contribution in [1.82, 2.24) is 4.98 Å². The Morgan fingerprint density at radius 3 is 2.23 bits per heavy atom. The monoisotopic (exact) mass is 357 g/mol. The lowest BCUT2D eigenvalue weighted by Crippen LogP contribution is -2.16. The largest absolute Gasteiger partial charge is 0.418 e. The van der Waals surface area contributed by atoms with Gasteiger partial charge in [0.25, 0.3) is 5.91 Å². The summed E-state index contributed by atoms with van der Waals surface area (Å²) in [7, 11) is 0. The van der Waals surface area contributed by atoms with Crippen molar-refractivity contribution < 1.29 is 18.0 Å². The summed E-state index contributed by atoms with van der Waals surface area (Å²) in [6.45, 7) is 0. The zero-order chi connectivity index (χ0) is 18.6. The van der Waals surface area contributed by atoms with Crippen molar-refractivity contribution in [3.63, 3.8) is 0 Å². The number of para-hydroxylation sites is 2. The van der Waals surface area contributed by atoms with Gasteiger partial charge in [0, 0.05) is 11.9 Å². The molecule has 0 unspecified atom stereocenters. The second kappa shape index (κ2) is 7.26. The summed E-state index contributed by atoms with van der Waals surface area (Å²) < 4.78 is 39.0. The maximum absolute atomic E-state index is 13.0. The van der Waals surface area contributed by atoms with E-state index >= 15 is 0 Å². The number of carbonyl (C=O) groups is 1. The van der Waals surface area contributed by atoms with Gasteiger partial charge in [-0.2, -0.15) is 13.2 Å². The van der Waals surface area contributed by atoms with E-state index in [1.54, 1.807) is 6.07 Å². The molecule has 1 amide bonds. The molecule has 132 valence electrons. The molecule has 1 aromatic heterocycles. The van der Waals surface area contributed by atoms with Crippen molar-refractivity contribution in [3.05, 3.63) is 84.1 Å². The van der Waals surface area contributed by atoms with Crippen molar-refractivity contribution in [2.75, 3.05) is 10.6 Å². The molecule has 0 bridgehead atoms. The van der Waals surface area contributed by atoms with Gasteiger partial charge in [-0.15, -0.1) is 0 Å². The average molecular weight is 357 g/mol. The van der Waals surface area contributed by atoms with Gasteiger partial charge in [0.15, 0.2) is 0 Å². The van der Waals surface area contributed by atoms with Crippen LogP contribution in [-0.4, -0.2) is 10.9 Å². The minimum atomic E-state index is -4.55. The van der Waals surface area contributed by atoms with Crippen LogP contribution in [0.25, 0.3) is 0 Å². The van der Waals surface area contributed by atoms with Crippen LogP contribution in [0.15, 0.2) is 72.9 Å². The Balaban J connectivity index is 1.73. The van der Waals surface area contributed by atoms with Gasteiger partial charge in [-0.1, -0.05) is 30.3 Å². The van der Waals surface area contributed by atoms with Gasteiger partial charge in [0.2, 0.25) is 0 Å². The van der Waals surface area contributed by atoms with E-state index in [0.29, 0.717) is 5.82 Å². The Morgan fingerprint density at radius 1 is 0.885 bits per heavy atom. The second-order valence-corrected chi connectivity index (χ2v) is 5.42. The summed E-state index contributed by atoms with van der Waals surface area (Å²) in [5.41, 5.74) is -0.211. The normalized spacial score (nSPS) is 11.0. The third kappa shape index (κ3) is 4.18. The lowest BCUT2D eigenvalue weighted by molar-refractivity contribution is -0.136. The van der Waals surface area contributed by atoms with Crippen LogP contribution in [0.3, 0.4) is 0 Å². The smallest absolute Gasteiger partial charge is 0.340 e. The molecular formula is C19H14F3N3O. The number of halogens is 3. The van der Waals surface area contributed by atoms with Gasteiger partial charge < -0.3 is 10.6 Å². The number of pyridine rings is 1. The van der Waals surface area contributed by atoms with Gasteiger partial charge >= 0.3 is 6.18 Å². The zero-order valence-corrected chi connectivity index (χ0v) is 13.4. The lowest BCUT2D eigenvalue weighted by Gasteiger charge is -2.13. The van der Waals surface area contributed by atoms with Gasteiger partial charge in [-0.25, -0.2) is 4.98 Å². The van der Waals surface area contributed by atoms with Crippen LogP contribution < -0.4 is 10.6 Å². The molecule has 26 heavy (non-hydrogen) atoms. The van der Waals surface area contributed by atoms with Crippen LogP contribution in [0.1, 0.15) is 15.9 Å². The Bertz CT molecular complexity index is 894. The molecule has 7 heteroatoms. The molecule has 3 rings (SSSR count). The van der Waals surface area contributed by atoms with E-state index in [-0.39, 0.29) is 11.3 Å². The molecule has 0 spiro atoms. The Labute approximate surface area is 147 Å². The SMILES string of the molecule is O=C(Nc1ccccc1C(F)(F)F)c1ccc(Nc2ccccc2)nc1. The molecule has 0 saturated heterocycles. The van der Waals surface area contributed by atoms with E-state index in [0.717, 1.165) is 11.8 Å². The number of anilines is 3. The molecule has 0 fully saturated rings. The number of carbonyl (C=O) groups excluding carboxylic acids is 1. The number of amides is 1. The van der Waals surface area contributed by atoms with Gasteiger partial charge in [-0.05, 0) is 36.4 Å². The maximum Gasteiger partial charge on any atom is 0.418 e. The first-order chi connectivity index (χ1) is 12.4. The molecule has 2 aromatic carbocycles. The predicted octanol–water partition coefficient (Wildman–Crippen LogP) is 5.10. The Hall–Kier alpha value is -3.35. The highest BCUT2D eigenvalue weighted by molar-refractivity contribution is 6.04. The lowest BCUT2D eigenvalue weighted by atomic mass is 10.1. The highest BCUT2D eigenvalue weighted by Crippen LogP contribution is 2.34. The van der Waals surface area contributed by atoms with Crippen LogP contribution in [-0.2, 0) is 6.18 Å². The molecule has 0 saturated carbocycles. The number of nitrogens with one attached hydrogen (secondary N) is 2. The summed E-state index contributed by atoms with van der Waals surface area (Å²) in [4.78, 5) is 16.3. The first kappa shape index (κ1) is 17.5. The highest BCUT2D eigenvalue weighted by atomic mass is 19.4. The van der Waals surface area contributed by atoms with Crippen LogP contribution in [0.2, 0.25) is 0 Å². The number of benzene rings is 2. The molecule has 0 aliphatic carbocycles. The minimum absolute atomic E-state index is 0.153. The Morgan fingerprint density at radius 2 is 1.58 bits per heavy atom. The van der Waals surface area contributed by atoms with E-state index < -0.39 is 17.6 Å². The van der Waals surface area contributed by atoms with E-state index in [4.69, 9.17) is 0 Å². The van der Waals surface area contributed by atoms with Crippen molar-refractivity contribution in [2.45, 2.75) is 6.18 Å². The van der Waals surface area contributed by atoms with E-state index in [9.17, 15) is 18.0 Å². The summed E-state index contributed by atoms with van der Waals surface area (Å²) >= 11 is 0. The molecule has 0 aliphatic rings. The Kier molecular flexibility index (Phi) is 4.88. The van der Waals surface area contributed by atoms with Gasteiger partial charge in [-0.3, -0.25) is 4.79 Å². The zero-order valence-electron chi connectivity index (χ0n) is 13.4. The quantitative estimate of drug-likeness (QED) is 0.683. The molecule has 3 aromatic rings. The fourth-order valence-corrected chi connectivity index (χ4v) is 2.31. The molecule has 4 nitrogen and oxygen atoms in total. The highest BCUT2D eigenvalue weighted by Gasteiger charge is 2.33. The fraction of sp³-hybridized carbons (Fsp3) is 0.0526. The summed E-state index contributed by atoms with van der Waals surface area (Å²) in [6.07, 6.45) is -3.25. The average Bonchev–Trinajstić information content (AvgIpc) is 2.63. The fourth-order valence-electron chi connectivity index (χ4n) is 2.31. The van der Waals surface area contributed by atoms with E-state index in [2.05, 4.69) is 15.6 Å². The number of nitrogens with zero attached hydrogens (tertiary/aromatic N) is 1. The third-order valence-corrected chi connectivity index (χ3v) is 3.55. The maximum atomic E-state index is 13.0. The van der Waals surface area contributed by atoms with Crippen molar-refractivity contribution >= 4 is 23.1 Å². The van der Waals surface area contributed by atoms with Crippen LogP contribution >= 0.6 is 0 Å². The molecule has 0 aliphatic heterocycles. The topological polar surface area (TPSA) is 54.0 Å². The third-order valence-electron chi connectivity index (χ3n) is 3.55. The first-order valence-electron chi connectivity index (χ1n) is 7.69. The number of rotatable bonds is 4. The standard InChI is InChI=1S/C19H14F3N3O/c20-19(21,22)15-8-4-5-9-16(15)25-18(26)13-10-11-17(23-12-13)24-14-6-2-1-3-7-14/h1-12H,(H,23,24)(H,25,26). The van der Waals surface area contributed by atoms with Crippen molar-refractivity contribution in [1.29, 1.82) is 0 Å². The van der Waals surface area contributed by atoms with E-state index in [1.807, 2.05) is 30.3 Å². The van der Waals surface area contributed by atoms with Crippen LogP contribution in [0, 0.1) is 0 Å². The summed E-state index contributed by atoms with van der Waals surface area (Å²) in [5, 5.41) is 5.34. The molecule has 0 radical (unpaired) electrons. The second-order valence-electron chi connectivity index (χ2n) is 5.42. The molecule has 2 N–H and O–H groups in total. The predicted molar refractivity (Wildman–Crippen MR) is 93.4 cm³/mol. The van der Waals surface area contributed by atoms with E-state index in [1.165, 1.54) is 30.5 Å². The molecule has 0 atom stereocenters. The summed E-state index contributed by atoms with van der Waals surface area (Å²) in [6, 6.07) is 17.2. The van der Waals surface area contributed by atoms with Crippen molar-refractivity contribution in [3.8, 4) is 0 Å². The number of alkyl halides is 3. The van der Waals surface area contributed by atoms with Crippen LogP contribution in [0.5, 0.6) is 0 Å². The summed E-state index contributed by atoms with van der Waals surface area (Å²) in [5.74, 6) is -0.149. The van der Waals surface area contributed by atoms with Crippen molar-refractivity contribution in [2.24, 2.45) is 0 Å². The number of hydrogen-bond donors (Lipinski definition) is 2. The van der Waals surface area contributed by atoms with Gasteiger partial charge in [0.1, 0.15) is 5.82 Å². The number of aromatic nitrogens is 1. The number of hydrogen-bond acceptors (Lipinski definition) is 3. The molecule has 1 heterocycles. The minimum Gasteiger partial charge on any atom is -0.340 e. The first-order valence-corrected chi connectivity index (χ1v) is 7.69. The van der Waals surface area contributed by atoms with Crippen LogP contribution in [0.4, 0.5) is 30.4 Å². The van der Waals surface area contributed by atoms with Gasteiger partial charge in [0.05, 0.1) is 16.8 Å². The molecular weight excluding hydrogens is 343 g/mol.